The Labute approximate surface area is 89.1 Å². The van der Waals surface area contributed by atoms with Crippen molar-refractivity contribution >= 4 is 21.6 Å². The minimum atomic E-state index is -3.22. The summed E-state index contributed by atoms with van der Waals surface area (Å²) in [5.41, 5.74) is 0.868. The van der Waals surface area contributed by atoms with E-state index in [1.807, 2.05) is 30.3 Å². The summed E-state index contributed by atoms with van der Waals surface area (Å²) in [4.78, 5) is 0. The van der Waals surface area contributed by atoms with E-state index in [1.54, 1.807) is 0 Å². The summed E-state index contributed by atoms with van der Waals surface area (Å²) in [6.45, 7) is 0. The van der Waals surface area contributed by atoms with Gasteiger partial charge in [-0.15, -0.1) is 11.6 Å². The summed E-state index contributed by atoms with van der Waals surface area (Å²) in [5, 5.41) is 0. The Hall–Kier alpha value is -0.580. The van der Waals surface area contributed by atoms with E-state index in [4.69, 9.17) is 11.6 Å². The van der Waals surface area contributed by atoms with E-state index in [9.17, 15) is 8.42 Å². The first-order valence-electron chi connectivity index (χ1n) is 4.11. The molecule has 0 saturated carbocycles. The lowest BCUT2D eigenvalue weighted by atomic mass is 10.1. The van der Waals surface area contributed by atoms with Crippen molar-refractivity contribution in [2.24, 2.45) is 0 Å². The van der Waals surface area contributed by atoms with Crippen molar-refractivity contribution in [3.63, 3.8) is 0 Å². The molecule has 0 fully saturated rings. The summed E-state index contributed by atoms with van der Waals surface area (Å²) >= 11 is 5.68. The molecule has 0 unspecified atom stereocenters. The first-order chi connectivity index (χ1) is 6.53. The largest absolute Gasteiger partial charge is 0.213 e. The molecule has 3 nitrogen and oxygen atoms in total. The quantitative estimate of drug-likeness (QED) is 0.802. The number of benzene rings is 1. The van der Waals surface area contributed by atoms with Gasteiger partial charge in [0.2, 0.25) is 10.0 Å². The van der Waals surface area contributed by atoms with Gasteiger partial charge < -0.3 is 0 Å². The van der Waals surface area contributed by atoms with Gasteiger partial charge in [-0.2, -0.15) is 0 Å². The molecule has 0 saturated heterocycles. The minimum Gasteiger partial charge on any atom is -0.213 e. The monoisotopic (exact) mass is 233 g/mol. The van der Waals surface area contributed by atoms with E-state index in [-0.39, 0.29) is 11.9 Å². The first-order valence-corrected chi connectivity index (χ1v) is 6.54. The van der Waals surface area contributed by atoms with Crippen LogP contribution in [0.4, 0.5) is 0 Å². The van der Waals surface area contributed by atoms with Gasteiger partial charge >= 0.3 is 0 Å². The standard InChI is InChI=1S/C9H12ClNO2S/c1-14(12,13)11-9(7-10)8-5-3-2-4-6-8/h2-6,9,11H,7H2,1H3/t9-/m0/s1. The van der Waals surface area contributed by atoms with Crippen molar-refractivity contribution in [1.29, 1.82) is 0 Å². The lowest BCUT2D eigenvalue weighted by Gasteiger charge is -2.14. The highest BCUT2D eigenvalue weighted by atomic mass is 35.5. The summed E-state index contributed by atoms with van der Waals surface area (Å²) < 4.78 is 24.5. The molecule has 0 aliphatic carbocycles. The molecule has 5 heteroatoms. The van der Waals surface area contributed by atoms with Gasteiger partial charge in [0.25, 0.3) is 0 Å². The van der Waals surface area contributed by atoms with Crippen LogP contribution in [-0.2, 0) is 10.0 Å². The smallest absolute Gasteiger partial charge is 0.209 e. The average molecular weight is 234 g/mol. The van der Waals surface area contributed by atoms with Gasteiger partial charge in [0.05, 0.1) is 12.3 Å². The van der Waals surface area contributed by atoms with Crippen LogP contribution in [0.15, 0.2) is 30.3 Å². The second-order valence-corrected chi connectivity index (χ2v) is 5.10. The van der Waals surface area contributed by atoms with Crippen molar-refractivity contribution in [2.45, 2.75) is 6.04 Å². The van der Waals surface area contributed by atoms with Crippen LogP contribution in [0.3, 0.4) is 0 Å². The lowest BCUT2D eigenvalue weighted by Crippen LogP contribution is -2.28. The predicted molar refractivity (Wildman–Crippen MR) is 57.9 cm³/mol. The Kier molecular flexibility index (Phi) is 3.92. The van der Waals surface area contributed by atoms with E-state index < -0.39 is 10.0 Å². The van der Waals surface area contributed by atoms with E-state index in [2.05, 4.69) is 4.72 Å². The molecule has 1 N–H and O–H groups in total. The molecule has 1 aromatic carbocycles. The van der Waals surface area contributed by atoms with E-state index >= 15 is 0 Å². The van der Waals surface area contributed by atoms with Crippen LogP contribution in [0.5, 0.6) is 0 Å². The number of rotatable bonds is 4. The Morgan fingerprint density at radius 3 is 2.36 bits per heavy atom. The maximum absolute atomic E-state index is 11.0. The van der Waals surface area contributed by atoms with Crippen molar-refractivity contribution in [3.05, 3.63) is 35.9 Å². The Morgan fingerprint density at radius 2 is 1.93 bits per heavy atom. The van der Waals surface area contributed by atoms with E-state index in [0.717, 1.165) is 11.8 Å². The molecule has 0 aliphatic rings. The number of halogens is 1. The van der Waals surface area contributed by atoms with Crippen LogP contribution >= 0.6 is 11.6 Å². The third-order valence-corrected chi connectivity index (χ3v) is 2.73. The fourth-order valence-electron chi connectivity index (χ4n) is 1.13. The van der Waals surface area contributed by atoms with E-state index in [0.29, 0.717) is 0 Å². The summed E-state index contributed by atoms with van der Waals surface area (Å²) in [5.74, 6) is 0.219. The van der Waals surface area contributed by atoms with Crippen LogP contribution in [0, 0.1) is 0 Å². The van der Waals surface area contributed by atoms with Crippen molar-refractivity contribution in [3.8, 4) is 0 Å². The molecule has 0 heterocycles. The van der Waals surface area contributed by atoms with Gasteiger partial charge in [-0.3, -0.25) is 0 Å². The molecule has 78 valence electrons. The molecule has 0 bridgehead atoms. The predicted octanol–water partition coefficient (Wildman–Crippen LogP) is 1.52. The molecule has 0 amide bonds. The molecule has 1 aromatic rings. The van der Waals surface area contributed by atoms with Crippen molar-refractivity contribution in [1.82, 2.24) is 4.72 Å². The SMILES string of the molecule is CS(=O)(=O)N[C@@H](CCl)c1ccccc1. The average Bonchev–Trinajstić information content (AvgIpc) is 2.14. The molecule has 1 atom stereocenters. The minimum absolute atomic E-state index is 0.219. The van der Waals surface area contributed by atoms with Crippen LogP contribution in [0.2, 0.25) is 0 Å². The molecular weight excluding hydrogens is 222 g/mol. The van der Waals surface area contributed by atoms with Gasteiger partial charge in [0.1, 0.15) is 0 Å². The zero-order valence-electron chi connectivity index (χ0n) is 7.77. The fourth-order valence-corrected chi connectivity index (χ4v) is 2.22. The van der Waals surface area contributed by atoms with Crippen molar-refractivity contribution < 1.29 is 8.42 Å². The van der Waals surface area contributed by atoms with Gasteiger partial charge in [-0.25, -0.2) is 13.1 Å². The summed E-state index contributed by atoms with van der Waals surface area (Å²) in [6, 6.07) is 8.89. The van der Waals surface area contributed by atoms with Crippen LogP contribution in [-0.4, -0.2) is 20.6 Å². The van der Waals surface area contributed by atoms with Gasteiger partial charge in [-0.1, -0.05) is 30.3 Å². The van der Waals surface area contributed by atoms with Gasteiger partial charge in [0, 0.05) is 5.88 Å². The molecule has 0 spiro atoms. The summed E-state index contributed by atoms with van der Waals surface area (Å²) in [6.07, 6.45) is 1.12. The molecule has 1 rings (SSSR count). The highest BCUT2D eigenvalue weighted by molar-refractivity contribution is 7.88. The molecular formula is C9H12ClNO2S. The fraction of sp³-hybridized carbons (Fsp3) is 0.333. The molecule has 0 aromatic heterocycles. The van der Waals surface area contributed by atoms with E-state index in [1.165, 1.54) is 0 Å². The maximum atomic E-state index is 11.0. The Morgan fingerprint density at radius 1 is 1.36 bits per heavy atom. The van der Waals surface area contributed by atoms with Gasteiger partial charge in [-0.05, 0) is 5.56 Å². The summed E-state index contributed by atoms with van der Waals surface area (Å²) in [7, 11) is -3.22. The Balaban J connectivity index is 2.84. The molecule has 0 radical (unpaired) electrons. The maximum Gasteiger partial charge on any atom is 0.209 e. The third kappa shape index (κ3) is 3.65. The second-order valence-electron chi connectivity index (χ2n) is 3.01. The highest BCUT2D eigenvalue weighted by Crippen LogP contribution is 2.14. The van der Waals surface area contributed by atoms with Gasteiger partial charge in [0.15, 0.2) is 0 Å². The number of sulfonamides is 1. The zero-order valence-corrected chi connectivity index (χ0v) is 9.35. The van der Waals surface area contributed by atoms with Crippen LogP contribution < -0.4 is 4.72 Å². The highest BCUT2D eigenvalue weighted by Gasteiger charge is 2.13. The van der Waals surface area contributed by atoms with Crippen LogP contribution in [0.25, 0.3) is 0 Å². The number of alkyl halides is 1. The Bertz CT molecular complexity index is 377. The topological polar surface area (TPSA) is 46.2 Å². The first kappa shape index (κ1) is 11.5. The second kappa shape index (κ2) is 4.77. The van der Waals surface area contributed by atoms with Crippen LogP contribution in [0.1, 0.15) is 11.6 Å². The number of hydrogen-bond acceptors (Lipinski definition) is 2. The lowest BCUT2D eigenvalue weighted by molar-refractivity contribution is 0.574. The third-order valence-electron chi connectivity index (χ3n) is 1.71. The molecule has 14 heavy (non-hydrogen) atoms. The number of nitrogens with one attached hydrogen (secondary N) is 1. The normalized spacial score (nSPS) is 13.9. The zero-order chi connectivity index (χ0) is 10.6. The van der Waals surface area contributed by atoms with Crippen molar-refractivity contribution in [2.75, 3.05) is 12.1 Å². The number of hydrogen-bond donors (Lipinski definition) is 1. The molecule has 0 aliphatic heterocycles.